The number of hydrogen-bond acceptors (Lipinski definition) is 3. The molecule has 1 aromatic heterocycles. The number of hydrogen-bond donors (Lipinski definition) is 1. The summed E-state index contributed by atoms with van der Waals surface area (Å²) in [5.41, 5.74) is 2.99. The Labute approximate surface area is 99.9 Å². The number of rotatable bonds is 3. The maximum Gasteiger partial charge on any atom is 0.210 e. The second-order valence-corrected chi connectivity index (χ2v) is 3.64. The molecule has 0 amide bonds. The van der Waals surface area contributed by atoms with Gasteiger partial charge in [-0.3, -0.25) is 0 Å². The van der Waals surface area contributed by atoms with Crippen LogP contribution in [0.2, 0.25) is 0 Å². The number of nitrogens with zero attached hydrogens (tertiary/aromatic N) is 2. The van der Waals surface area contributed by atoms with Crippen LogP contribution in [0.15, 0.2) is 24.4 Å². The highest BCUT2D eigenvalue weighted by molar-refractivity contribution is 5.62. The van der Waals surface area contributed by atoms with E-state index in [1.165, 1.54) is 0 Å². The summed E-state index contributed by atoms with van der Waals surface area (Å²) in [5.74, 6) is 1.21. The molecule has 0 bridgehead atoms. The summed E-state index contributed by atoms with van der Waals surface area (Å²) in [7, 11) is 1.66. The van der Waals surface area contributed by atoms with Gasteiger partial charge in [-0.15, -0.1) is 0 Å². The molecule has 0 saturated carbocycles. The van der Waals surface area contributed by atoms with E-state index < -0.39 is 0 Å². The molecule has 1 aromatic carbocycles. The lowest BCUT2D eigenvalue weighted by Crippen LogP contribution is -1.91. The molecule has 0 aliphatic rings. The Bertz CT molecular complexity index is 566. The van der Waals surface area contributed by atoms with Crippen LogP contribution in [-0.2, 0) is 6.42 Å². The van der Waals surface area contributed by atoms with E-state index in [-0.39, 0.29) is 0 Å². The minimum Gasteiger partial charge on any atom is -0.496 e. The standard InChI is InChI=1S/C13H13N3O/c1-3-9-6-10(4-5-12(9)17-2)11-8-15-13(7-14)16-11/h4-6,8H,3H2,1-2H3,(H,15,16). The summed E-state index contributed by atoms with van der Waals surface area (Å²) in [6.07, 6.45) is 2.57. The van der Waals surface area contributed by atoms with Crippen molar-refractivity contribution in [3.8, 4) is 23.1 Å². The van der Waals surface area contributed by atoms with Gasteiger partial charge in [0.2, 0.25) is 5.82 Å². The van der Waals surface area contributed by atoms with Gasteiger partial charge in [0.1, 0.15) is 11.8 Å². The third kappa shape index (κ3) is 2.13. The summed E-state index contributed by atoms with van der Waals surface area (Å²) in [5, 5.41) is 8.72. The monoisotopic (exact) mass is 227 g/mol. The number of imidazole rings is 1. The van der Waals surface area contributed by atoms with Crippen LogP contribution in [0.25, 0.3) is 11.3 Å². The van der Waals surface area contributed by atoms with Gasteiger partial charge in [0.15, 0.2) is 0 Å². The minimum atomic E-state index is 0.328. The van der Waals surface area contributed by atoms with E-state index in [0.29, 0.717) is 5.82 Å². The molecule has 1 N–H and O–H groups in total. The van der Waals surface area contributed by atoms with Gasteiger partial charge in [-0.2, -0.15) is 5.26 Å². The summed E-state index contributed by atoms with van der Waals surface area (Å²) in [4.78, 5) is 6.92. The summed E-state index contributed by atoms with van der Waals surface area (Å²) in [6.45, 7) is 2.08. The fraction of sp³-hybridized carbons (Fsp3) is 0.231. The Morgan fingerprint density at radius 1 is 1.47 bits per heavy atom. The number of aryl methyl sites for hydroxylation is 1. The number of aromatic nitrogens is 2. The van der Waals surface area contributed by atoms with Crippen LogP contribution >= 0.6 is 0 Å². The zero-order valence-electron chi connectivity index (χ0n) is 9.82. The van der Waals surface area contributed by atoms with E-state index in [1.54, 1.807) is 13.3 Å². The average molecular weight is 227 g/mol. The molecule has 0 spiro atoms. The van der Waals surface area contributed by atoms with Crippen molar-refractivity contribution >= 4 is 0 Å². The molecule has 2 aromatic rings. The van der Waals surface area contributed by atoms with Crippen molar-refractivity contribution < 1.29 is 4.74 Å². The Morgan fingerprint density at radius 3 is 2.88 bits per heavy atom. The quantitative estimate of drug-likeness (QED) is 0.876. The van der Waals surface area contributed by atoms with Crippen LogP contribution in [0.3, 0.4) is 0 Å². The molecule has 2 rings (SSSR count). The molecule has 0 atom stereocenters. The normalized spacial score (nSPS) is 9.94. The predicted octanol–water partition coefficient (Wildman–Crippen LogP) is 2.52. The van der Waals surface area contributed by atoms with E-state index in [2.05, 4.69) is 16.9 Å². The number of methoxy groups -OCH3 is 1. The first-order valence-corrected chi connectivity index (χ1v) is 5.41. The summed E-state index contributed by atoms with van der Waals surface area (Å²) < 4.78 is 5.28. The largest absolute Gasteiger partial charge is 0.496 e. The van der Waals surface area contributed by atoms with E-state index in [4.69, 9.17) is 10.00 Å². The van der Waals surface area contributed by atoms with Gasteiger partial charge in [0.25, 0.3) is 0 Å². The highest BCUT2D eigenvalue weighted by Crippen LogP contribution is 2.25. The van der Waals surface area contributed by atoms with Gasteiger partial charge in [-0.1, -0.05) is 6.92 Å². The SMILES string of the molecule is CCc1cc(-c2cnc(C#N)[nH]2)ccc1OC. The molecule has 0 aliphatic heterocycles. The van der Waals surface area contributed by atoms with Crippen LogP contribution in [0, 0.1) is 11.3 Å². The lowest BCUT2D eigenvalue weighted by Gasteiger charge is -2.08. The number of nitrogens with one attached hydrogen (secondary N) is 1. The molecule has 0 radical (unpaired) electrons. The lowest BCUT2D eigenvalue weighted by molar-refractivity contribution is 0.410. The molecule has 0 fully saturated rings. The van der Waals surface area contributed by atoms with Gasteiger partial charge >= 0.3 is 0 Å². The zero-order valence-corrected chi connectivity index (χ0v) is 9.82. The summed E-state index contributed by atoms with van der Waals surface area (Å²) in [6, 6.07) is 7.91. The second kappa shape index (κ2) is 4.71. The van der Waals surface area contributed by atoms with Crippen molar-refractivity contribution in [1.29, 1.82) is 5.26 Å². The highest BCUT2D eigenvalue weighted by atomic mass is 16.5. The van der Waals surface area contributed by atoms with Crippen LogP contribution < -0.4 is 4.74 Å². The summed E-state index contributed by atoms with van der Waals surface area (Å²) >= 11 is 0. The third-order valence-electron chi connectivity index (χ3n) is 2.65. The molecule has 0 aliphatic carbocycles. The topological polar surface area (TPSA) is 61.7 Å². The molecule has 86 valence electrons. The molecule has 0 saturated heterocycles. The maximum absolute atomic E-state index is 8.72. The molecular formula is C13H13N3O. The number of nitriles is 1. The number of H-pyrrole nitrogens is 1. The zero-order chi connectivity index (χ0) is 12.3. The highest BCUT2D eigenvalue weighted by Gasteiger charge is 2.06. The van der Waals surface area contributed by atoms with Crippen molar-refractivity contribution in [1.82, 2.24) is 9.97 Å². The van der Waals surface area contributed by atoms with Gasteiger partial charge in [-0.25, -0.2) is 4.98 Å². The van der Waals surface area contributed by atoms with Crippen LogP contribution in [0.5, 0.6) is 5.75 Å². The van der Waals surface area contributed by atoms with Crippen molar-refractivity contribution in [3.63, 3.8) is 0 Å². The number of aromatic amines is 1. The number of benzene rings is 1. The van der Waals surface area contributed by atoms with E-state index in [9.17, 15) is 0 Å². The molecule has 4 heteroatoms. The maximum atomic E-state index is 8.72. The van der Waals surface area contributed by atoms with E-state index >= 15 is 0 Å². The van der Waals surface area contributed by atoms with Crippen molar-refractivity contribution in [2.75, 3.05) is 7.11 Å². The van der Waals surface area contributed by atoms with E-state index in [1.807, 2.05) is 24.3 Å². The average Bonchev–Trinajstić information content (AvgIpc) is 2.86. The van der Waals surface area contributed by atoms with Crippen LogP contribution in [0.4, 0.5) is 0 Å². The molecule has 4 nitrogen and oxygen atoms in total. The van der Waals surface area contributed by atoms with Gasteiger partial charge in [0.05, 0.1) is 19.0 Å². The lowest BCUT2D eigenvalue weighted by atomic mass is 10.1. The molecule has 1 heterocycles. The fourth-order valence-electron chi connectivity index (χ4n) is 1.75. The molecule has 17 heavy (non-hydrogen) atoms. The molecule has 0 unspecified atom stereocenters. The Kier molecular flexibility index (Phi) is 3.10. The minimum absolute atomic E-state index is 0.328. The van der Waals surface area contributed by atoms with Gasteiger partial charge < -0.3 is 9.72 Å². The first kappa shape index (κ1) is 11.2. The van der Waals surface area contributed by atoms with Crippen molar-refractivity contribution in [2.24, 2.45) is 0 Å². The van der Waals surface area contributed by atoms with Crippen LogP contribution in [0.1, 0.15) is 18.3 Å². The first-order chi connectivity index (χ1) is 8.28. The first-order valence-electron chi connectivity index (χ1n) is 5.41. The van der Waals surface area contributed by atoms with Crippen molar-refractivity contribution in [3.05, 3.63) is 35.8 Å². The van der Waals surface area contributed by atoms with Crippen molar-refractivity contribution in [2.45, 2.75) is 13.3 Å². The fourth-order valence-corrected chi connectivity index (χ4v) is 1.75. The van der Waals surface area contributed by atoms with Gasteiger partial charge in [0, 0.05) is 5.56 Å². The molecular weight excluding hydrogens is 214 g/mol. The van der Waals surface area contributed by atoms with Gasteiger partial charge in [-0.05, 0) is 30.2 Å². The Morgan fingerprint density at radius 2 is 2.29 bits per heavy atom. The van der Waals surface area contributed by atoms with E-state index in [0.717, 1.165) is 29.0 Å². The predicted molar refractivity (Wildman–Crippen MR) is 64.7 cm³/mol. The second-order valence-electron chi connectivity index (χ2n) is 3.64. The Balaban J connectivity index is 2.43. The third-order valence-corrected chi connectivity index (χ3v) is 2.65. The smallest absolute Gasteiger partial charge is 0.210 e. The Hall–Kier alpha value is -2.28. The number of ether oxygens (including phenoxy) is 1. The van der Waals surface area contributed by atoms with Crippen LogP contribution in [-0.4, -0.2) is 17.1 Å².